The number of piperazine rings is 1. The summed E-state index contributed by atoms with van der Waals surface area (Å²) in [5.41, 5.74) is 1.18. The van der Waals surface area contributed by atoms with E-state index in [-0.39, 0.29) is 12.3 Å². The Balaban J connectivity index is 1.76. The average molecular weight is 275 g/mol. The van der Waals surface area contributed by atoms with Gasteiger partial charge in [-0.05, 0) is 25.0 Å². The van der Waals surface area contributed by atoms with Crippen molar-refractivity contribution in [1.29, 1.82) is 0 Å². The molecule has 5 heteroatoms. The van der Waals surface area contributed by atoms with E-state index in [1.54, 1.807) is 0 Å². The molecule has 1 aromatic carbocycles. The first-order chi connectivity index (χ1) is 9.66. The van der Waals surface area contributed by atoms with Crippen molar-refractivity contribution in [2.24, 2.45) is 0 Å². The molecule has 0 saturated carbocycles. The van der Waals surface area contributed by atoms with Crippen LogP contribution in [0.2, 0.25) is 0 Å². The fourth-order valence-electron chi connectivity index (χ4n) is 2.39. The second-order valence-corrected chi connectivity index (χ2v) is 4.93. The molecule has 1 aliphatic heterocycles. The molecule has 0 unspecified atom stereocenters. The Morgan fingerprint density at radius 3 is 2.25 bits per heavy atom. The Hall–Kier alpha value is -2.04. The van der Waals surface area contributed by atoms with Gasteiger partial charge in [0.1, 0.15) is 0 Å². The number of carbonyl (C=O) groups is 2. The highest BCUT2D eigenvalue weighted by Gasteiger charge is 2.20. The van der Waals surface area contributed by atoms with E-state index in [0.29, 0.717) is 25.9 Å². The number of carboxylic acids is 1. The lowest BCUT2D eigenvalue weighted by molar-refractivity contribution is -0.305. The van der Waals surface area contributed by atoms with Crippen molar-refractivity contribution in [2.75, 3.05) is 31.1 Å². The van der Waals surface area contributed by atoms with Crippen molar-refractivity contribution in [3.05, 3.63) is 30.3 Å². The normalized spacial score (nSPS) is 15.2. The lowest BCUT2D eigenvalue weighted by atomic mass is 10.2. The lowest BCUT2D eigenvalue weighted by Gasteiger charge is -2.36. The fraction of sp³-hybridized carbons (Fsp3) is 0.467. The van der Waals surface area contributed by atoms with Gasteiger partial charge in [-0.3, -0.25) is 4.79 Å². The number of carbonyl (C=O) groups excluding carboxylic acids is 2. The van der Waals surface area contributed by atoms with Gasteiger partial charge in [-0.2, -0.15) is 0 Å². The van der Waals surface area contributed by atoms with Gasteiger partial charge in [0.25, 0.3) is 0 Å². The SMILES string of the molecule is O=C([O-])CCCC(=O)N1CCN(c2ccccc2)CC1. The molecule has 2 rings (SSSR count). The summed E-state index contributed by atoms with van der Waals surface area (Å²) in [6.07, 6.45) is 0.606. The molecule has 0 aromatic heterocycles. The zero-order valence-electron chi connectivity index (χ0n) is 11.5. The number of benzene rings is 1. The van der Waals surface area contributed by atoms with Gasteiger partial charge in [-0.15, -0.1) is 0 Å². The molecule has 0 radical (unpaired) electrons. The largest absolute Gasteiger partial charge is 0.550 e. The van der Waals surface area contributed by atoms with Gasteiger partial charge in [-0.1, -0.05) is 18.2 Å². The van der Waals surface area contributed by atoms with Crippen LogP contribution >= 0.6 is 0 Å². The summed E-state index contributed by atoms with van der Waals surface area (Å²) in [4.78, 5) is 26.3. The standard InChI is InChI=1S/C15H20N2O3/c18-14(7-4-8-15(19)20)17-11-9-16(10-12-17)13-5-2-1-3-6-13/h1-3,5-6H,4,7-12H2,(H,19,20)/p-1. The fourth-order valence-corrected chi connectivity index (χ4v) is 2.39. The van der Waals surface area contributed by atoms with Crippen LogP contribution in [-0.4, -0.2) is 43.0 Å². The van der Waals surface area contributed by atoms with Crippen LogP contribution in [0, 0.1) is 0 Å². The van der Waals surface area contributed by atoms with Crippen molar-refractivity contribution in [3.63, 3.8) is 0 Å². The molecule has 0 aliphatic carbocycles. The van der Waals surface area contributed by atoms with Crippen LogP contribution in [0.25, 0.3) is 0 Å². The number of aliphatic carboxylic acids is 1. The highest BCUT2D eigenvalue weighted by molar-refractivity contribution is 5.77. The topological polar surface area (TPSA) is 63.7 Å². The van der Waals surface area contributed by atoms with Crippen molar-refractivity contribution in [3.8, 4) is 0 Å². The van der Waals surface area contributed by atoms with Gasteiger partial charge in [0.05, 0.1) is 0 Å². The second-order valence-electron chi connectivity index (χ2n) is 4.93. The quantitative estimate of drug-likeness (QED) is 0.773. The summed E-state index contributed by atoms with van der Waals surface area (Å²) < 4.78 is 0. The number of hydrogen-bond acceptors (Lipinski definition) is 4. The smallest absolute Gasteiger partial charge is 0.222 e. The average Bonchev–Trinajstić information content (AvgIpc) is 2.48. The molecule has 1 aromatic rings. The first kappa shape index (κ1) is 14.4. The lowest BCUT2D eigenvalue weighted by Crippen LogP contribution is -2.48. The second kappa shape index (κ2) is 6.93. The van der Waals surface area contributed by atoms with Crippen molar-refractivity contribution < 1.29 is 14.7 Å². The summed E-state index contributed by atoms with van der Waals surface area (Å²) in [6, 6.07) is 10.1. The third-order valence-corrected chi connectivity index (χ3v) is 3.53. The van der Waals surface area contributed by atoms with Crippen LogP contribution < -0.4 is 10.0 Å². The number of amides is 1. The Labute approximate surface area is 118 Å². The molecule has 1 aliphatic rings. The van der Waals surface area contributed by atoms with Crippen LogP contribution in [0.1, 0.15) is 19.3 Å². The van der Waals surface area contributed by atoms with E-state index in [1.807, 2.05) is 23.1 Å². The van der Waals surface area contributed by atoms with Gasteiger partial charge < -0.3 is 19.7 Å². The van der Waals surface area contributed by atoms with Gasteiger partial charge in [0.15, 0.2) is 0 Å². The molecule has 108 valence electrons. The number of nitrogens with zero attached hydrogens (tertiary/aromatic N) is 2. The Morgan fingerprint density at radius 2 is 1.65 bits per heavy atom. The number of anilines is 1. The van der Waals surface area contributed by atoms with Crippen LogP contribution in [0.5, 0.6) is 0 Å². The number of hydrogen-bond donors (Lipinski definition) is 0. The minimum absolute atomic E-state index is 0.0407. The molecule has 5 nitrogen and oxygen atoms in total. The van der Waals surface area contributed by atoms with E-state index >= 15 is 0 Å². The molecule has 0 spiro atoms. The van der Waals surface area contributed by atoms with Gasteiger partial charge >= 0.3 is 0 Å². The molecule has 0 N–H and O–H groups in total. The Bertz CT molecular complexity index is 453. The molecule has 0 bridgehead atoms. The maximum atomic E-state index is 11.9. The molecular formula is C15H19N2O3-. The van der Waals surface area contributed by atoms with Crippen LogP contribution in [-0.2, 0) is 9.59 Å². The summed E-state index contributed by atoms with van der Waals surface area (Å²) in [6.45, 7) is 3.02. The van der Waals surface area contributed by atoms with Gasteiger partial charge in [-0.25, -0.2) is 0 Å². The van der Waals surface area contributed by atoms with Crippen LogP contribution in [0.3, 0.4) is 0 Å². The van der Waals surface area contributed by atoms with Crippen LogP contribution in [0.4, 0.5) is 5.69 Å². The van der Waals surface area contributed by atoms with E-state index in [4.69, 9.17) is 0 Å². The molecular weight excluding hydrogens is 256 g/mol. The highest BCUT2D eigenvalue weighted by atomic mass is 16.4. The van der Waals surface area contributed by atoms with E-state index in [9.17, 15) is 14.7 Å². The molecule has 1 amide bonds. The maximum Gasteiger partial charge on any atom is 0.222 e. The molecule has 0 atom stereocenters. The van der Waals surface area contributed by atoms with E-state index in [1.165, 1.54) is 5.69 Å². The monoisotopic (exact) mass is 275 g/mol. The predicted molar refractivity (Wildman–Crippen MR) is 74.1 cm³/mol. The van der Waals surface area contributed by atoms with Crippen LogP contribution in [0.15, 0.2) is 30.3 Å². The summed E-state index contributed by atoms with van der Waals surface area (Å²) in [5, 5.41) is 10.3. The Kier molecular flexibility index (Phi) is 4.98. The van der Waals surface area contributed by atoms with Crippen molar-refractivity contribution in [1.82, 2.24) is 4.90 Å². The first-order valence-electron chi connectivity index (χ1n) is 6.94. The van der Waals surface area contributed by atoms with Crippen molar-refractivity contribution in [2.45, 2.75) is 19.3 Å². The first-order valence-corrected chi connectivity index (χ1v) is 6.94. The third-order valence-electron chi connectivity index (χ3n) is 3.53. The van der Waals surface area contributed by atoms with E-state index < -0.39 is 5.97 Å². The number of para-hydroxylation sites is 1. The third kappa shape index (κ3) is 3.98. The maximum absolute atomic E-state index is 11.9. The Morgan fingerprint density at radius 1 is 1.00 bits per heavy atom. The van der Waals surface area contributed by atoms with E-state index in [0.717, 1.165) is 13.1 Å². The molecule has 1 saturated heterocycles. The summed E-state index contributed by atoms with van der Waals surface area (Å²) >= 11 is 0. The minimum Gasteiger partial charge on any atom is -0.550 e. The van der Waals surface area contributed by atoms with E-state index in [2.05, 4.69) is 17.0 Å². The predicted octanol–water partition coefficient (Wildman–Crippen LogP) is 0.255. The molecule has 20 heavy (non-hydrogen) atoms. The van der Waals surface area contributed by atoms with Crippen molar-refractivity contribution >= 4 is 17.6 Å². The van der Waals surface area contributed by atoms with Gasteiger partial charge in [0.2, 0.25) is 5.91 Å². The minimum atomic E-state index is -1.09. The number of carboxylic acid groups (broad SMARTS) is 1. The highest BCUT2D eigenvalue weighted by Crippen LogP contribution is 2.16. The summed E-state index contributed by atoms with van der Waals surface area (Å²) in [7, 11) is 0. The summed E-state index contributed by atoms with van der Waals surface area (Å²) in [5.74, 6) is -1.05. The molecule has 1 fully saturated rings. The zero-order valence-corrected chi connectivity index (χ0v) is 11.5. The number of rotatable bonds is 5. The molecule has 1 heterocycles. The zero-order chi connectivity index (χ0) is 14.4. The van der Waals surface area contributed by atoms with Gasteiger partial charge in [0, 0.05) is 44.3 Å².